The zero-order valence-electron chi connectivity index (χ0n) is 16.0. The summed E-state index contributed by atoms with van der Waals surface area (Å²) in [6, 6.07) is 12.2. The molecule has 144 valence electrons. The summed E-state index contributed by atoms with van der Waals surface area (Å²) >= 11 is 1.45. The quantitative estimate of drug-likeness (QED) is 0.517. The Balaban J connectivity index is 1.47. The van der Waals surface area contributed by atoms with E-state index >= 15 is 0 Å². The maximum atomic E-state index is 5.29. The van der Waals surface area contributed by atoms with Gasteiger partial charge < -0.3 is 4.74 Å². The van der Waals surface area contributed by atoms with Crippen LogP contribution in [0.2, 0.25) is 0 Å². The van der Waals surface area contributed by atoms with Crippen molar-refractivity contribution in [3.05, 3.63) is 70.9 Å². The summed E-state index contributed by atoms with van der Waals surface area (Å²) in [4.78, 5) is 5.54. The first kappa shape index (κ1) is 17.7. The fourth-order valence-electron chi connectivity index (χ4n) is 3.31. The van der Waals surface area contributed by atoms with Crippen LogP contribution in [0.3, 0.4) is 0 Å². The number of hydrogen-bond donors (Lipinski definition) is 0. The van der Waals surface area contributed by atoms with Crippen molar-refractivity contribution in [2.45, 2.75) is 19.8 Å². The Hall–Kier alpha value is -3.39. The minimum atomic E-state index is 0.636. The van der Waals surface area contributed by atoms with Crippen LogP contribution in [0.1, 0.15) is 22.6 Å². The molecule has 0 amide bonds. The van der Waals surface area contributed by atoms with E-state index in [-0.39, 0.29) is 0 Å². The van der Waals surface area contributed by atoms with Gasteiger partial charge in [0.05, 0.1) is 29.6 Å². The molecule has 1 aliphatic heterocycles. The third kappa shape index (κ3) is 3.42. The molecule has 1 aromatic carbocycles. The molecule has 8 heteroatoms. The van der Waals surface area contributed by atoms with E-state index in [2.05, 4.69) is 31.7 Å². The Kier molecular flexibility index (Phi) is 4.40. The van der Waals surface area contributed by atoms with Gasteiger partial charge in [-0.25, -0.2) is 0 Å². The summed E-state index contributed by atoms with van der Waals surface area (Å²) in [5.74, 6) is 1.58. The predicted molar refractivity (Wildman–Crippen MR) is 113 cm³/mol. The van der Waals surface area contributed by atoms with Gasteiger partial charge in [0.15, 0.2) is 11.5 Å². The molecule has 4 aromatic rings. The first-order valence-corrected chi connectivity index (χ1v) is 10.0. The van der Waals surface area contributed by atoms with Gasteiger partial charge in [-0.1, -0.05) is 12.1 Å². The van der Waals surface area contributed by atoms with Crippen molar-refractivity contribution in [1.82, 2.24) is 24.2 Å². The van der Waals surface area contributed by atoms with Gasteiger partial charge in [0, 0.05) is 6.42 Å². The van der Waals surface area contributed by atoms with Crippen molar-refractivity contribution in [3.8, 4) is 10.6 Å². The van der Waals surface area contributed by atoms with Crippen LogP contribution < -0.4 is 0 Å². The van der Waals surface area contributed by atoms with Crippen molar-refractivity contribution in [3.63, 3.8) is 0 Å². The van der Waals surface area contributed by atoms with Gasteiger partial charge in [0.2, 0.25) is 0 Å². The third-order valence-corrected chi connectivity index (χ3v) is 5.71. The molecular weight excluding hydrogens is 384 g/mol. The molecule has 0 saturated heterocycles. The number of ether oxygens (including phenoxy) is 1. The molecule has 7 nitrogen and oxygen atoms in total. The Bertz CT molecular complexity index is 1270. The molecule has 0 radical (unpaired) electrons. The molecule has 0 atom stereocenters. The van der Waals surface area contributed by atoms with Crippen LogP contribution in [-0.2, 0) is 17.6 Å². The highest BCUT2D eigenvalue weighted by Gasteiger charge is 2.13. The molecule has 0 N–H and O–H groups in total. The second-order valence-electron chi connectivity index (χ2n) is 6.85. The highest BCUT2D eigenvalue weighted by molar-refractivity contribution is 7.09. The summed E-state index contributed by atoms with van der Waals surface area (Å²) in [6.45, 7) is 1.98. The number of benzene rings is 1. The average Bonchev–Trinajstić information content (AvgIpc) is 3.28. The summed E-state index contributed by atoms with van der Waals surface area (Å²) < 4.78 is 11.5. The third-order valence-electron chi connectivity index (χ3n) is 4.80. The summed E-state index contributed by atoms with van der Waals surface area (Å²) in [6.07, 6.45) is 5.21. The Labute approximate surface area is 171 Å². The standard InChI is InChI=1S/C21H18N6OS/c1-13-9-19(29-26-13)18-7-8-20-23-24-21(27(20)25-18)11-14-3-6-17-15(10-14)4-5-16(28-2)12-22-17/h3,5-10,12H,4,11H2,1-2H3. The lowest BCUT2D eigenvalue weighted by molar-refractivity contribution is 0.316. The molecule has 0 fully saturated rings. The Morgan fingerprint density at radius 3 is 2.90 bits per heavy atom. The van der Waals surface area contributed by atoms with Crippen LogP contribution in [0.4, 0.5) is 5.69 Å². The number of allylic oxidation sites excluding steroid dienone is 2. The number of fused-ring (bicyclic) bond motifs is 2. The van der Waals surface area contributed by atoms with E-state index < -0.39 is 0 Å². The van der Waals surface area contributed by atoms with E-state index in [1.807, 2.05) is 41.8 Å². The van der Waals surface area contributed by atoms with E-state index in [0.29, 0.717) is 6.42 Å². The van der Waals surface area contributed by atoms with Crippen molar-refractivity contribution >= 4 is 29.1 Å². The lowest BCUT2D eigenvalue weighted by Gasteiger charge is -2.06. The van der Waals surface area contributed by atoms with Crippen LogP contribution in [0.25, 0.3) is 16.2 Å². The molecule has 0 saturated carbocycles. The van der Waals surface area contributed by atoms with E-state index in [4.69, 9.17) is 9.84 Å². The summed E-state index contributed by atoms with van der Waals surface area (Å²) in [5, 5.41) is 13.4. The van der Waals surface area contributed by atoms with E-state index in [9.17, 15) is 0 Å². The highest BCUT2D eigenvalue weighted by atomic mass is 32.1. The first-order valence-electron chi connectivity index (χ1n) is 9.24. The topological polar surface area (TPSA) is 77.6 Å². The molecule has 3 aromatic heterocycles. The van der Waals surface area contributed by atoms with E-state index in [1.165, 1.54) is 11.5 Å². The van der Waals surface area contributed by atoms with E-state index in [0.717, 1.165) is 56.7 Å². The molecule has 29 heavy (non-hydrogen) atoms. The number of rotatable bonds is 4. The maximum Gasteiger partial charge on any atom is 0.177 e. The zero-order valence-corrected chi connectivity index (χ0v) is 16.8. The van der Waals surface area contributed by atoms with Crippen molar-refractivity contribution < 1.29 is 4.74 Å². The maximum absolute atomic E-state index is 5.29. The van der Waals surface area contributed by atoms with Crippen LogP contribution in [0, 0.1) is 6.92 Å². The minimum absolute atomic E-state index is 0.636. The number of aromatic nitrogens is 5. The average molecular weight is 402 g/mol. The number of hydrogen-bond acceptors (Lipinski definition) is 7. The lowest BCUT2D eigenvalue weighted by Crippen LogP contribution is -2.01. The Morgan fingerprint density at radius 1 is 1.14 bits per heavy atom. The van der Waals surface area contributed by atoms with Gasteiger partial charge in [-0.2, -0.15) is 14.0 Å². The Morgan fingerprint density at radius 2 is 2.07 bits per heavy atom. The normalized spacial score (nSPS) is 13.2. The number of methoxy groups -OCH3 is 1. The first-order chi connectivity index (χ1) is 14.2. The van der Waals surface area contributed by atoms with Crippen molar-refractivity contribution in [2.75, 3.05) is 7.11 Å². The van der Waals surface area contributed by atoms with Gasteiger partial charge in [0.1, 0.15) is 11.5 Å². The fourth-order valence-corrected chi connectivity index (χ4v) is 4.03. The molecule has 1 aliphatic rings. The second kappa shape index (κ2) is 7.21. The smallest absolute Gasteiger partial charge is 0.177 e. The largest absolute Gasteiger partial charge is 0.495 e. The predicted octanol–water partition coefficient (Wildman–Crippen LogP) is 3.94. The number of nitrogens with zero attached hydrogens (tertiary/aromatic N) is 6. The van der Waals surface area contributed by atoms with E-state index in [1.54, 1.807) is 13.3 Å². The van der Waals surface area contributed by atoms with Gasteiger partial charge >= 0.3 is 0 Å². The molecule has 0 spiro atoms. The van der Waals surface area contributed by atoms with Gasteiger partial charge in [0.25, 0.3) is 0 Å². The fraction of sp³-hybridized carbons (Fsp3) is 0.190. The van der Waals surface area contributed by atoms with Gasteiger partial charge in [-0.3, -0.25) is 4.99 Å². The van der Waals surface area contributed by atoms with Crippen molar-refractivity contribution in [1.29, 1.82) is 0 Å². The van der Waals surface area contributed by atoms with Crippen LogP contribution in [-0.4, -0.2) is 37.5 Å². The van der Waals surface area contributed by atoms with Crippen LogP contribution in [0.5, 0.6) is 0 Å². The number of aliphatic imine (C=N–C) groups is 1. The molecular formula is C21H18N6OS. The summed E-state index contributed by atoms with van der Waals surface area (Å²) in [5.41, 5.74) is 5.87. The molecule has 0 aliphatic carbocycles. The summed E-state index contributed by atoms with van der Waals surface area (Å²) in [7, 11) is 1.66. The SMILES string of the molecule is COC1=CCc2cc(Cc3nnc4ccc(-c5cc(C)ns5)nn34)ccc2N=C1. The van der Waals surface area contributed by atoms with Gasteiger partial charge in [-0.15, -0.1) is 10.2 Å². The van der Waals surface area contributed by atoms with Crippen LogP contribution in [0.15, 0.2) is 53.2 Å². The highest BCUT2D eigenvalue weighted by Crippen LogP contribution is 2.26. The molecule has 4 heterocycles. The lowest BCUT2D eigenvalue weighted by atomic mass is 10.0. The minimum Gasteiger partial charge on any atom is -0.495 e. The molecule has 0 unspecified atom stereocenters. The molecule has 5 rings (SSSR count). The van der Waals surface area contributed by atoms with Gasteiger partial charge in [-0.05, 0) is 66.3 Å². The zero-order chi connectivity index (χ0) is 19.8. The van der Waals surface area contributed by atoms with Crippen LogP contribution >= 0.6 is 11.5 Å². The van der Waals surface area contributed by atoms with Crippen molar-refractivity contribution in [2.24, 2.45) is 4.99 Å². The monoisotopic (exact) mass is 402 g/mol. The second-order valence-corrected chi connectivity index (χ2v) is 7.66. The number of aryl methyl sites for hydroxylation is 1. The molecule has 0 bridgehead atoms.